The minimum absolute atomic E-state index is 0.0210. The van der Waals surface area contributed by atoms with Crippen molar-refractivity contribution in [2.75, 3.05) is 26.8 Å². The highest BCUT2D eigenvalue weighted by Crippen LogP contribution is 2.25. The van der Waals surface area contributed by atoms with Crippen LogP contribution in [0.3, 0.4) is 0 Å². The summed E-state index contributed by atoms with van der Waals surface area (Å²) in [5.41, 5.74) is 0.579. The monoisotopic (exact) mass is 379 g/mol. The lowest BCUT2D eigenvalue weighted by atomic mass is 10.2. The van der Waals surface area contributed by atoms with Gasteiger partial charge in [0.25, 0.3) is 11.8 Å². The molecule has 0 unspecified atom stereocenters. The molecule has 146 valence electrons. The Bertz CT molecular complexity index is 805. The molecule has 0 aromatic carbocycles. The second-order valence-electron chi connectivity index (χ2n) is 6.41. The van der Waals surface area contributed by atoms with Gasteiger partial charge in [0.2, 0.25) is 0 Å². The fraction of sp³-hybridized carbons (Fsp3) is 0.529. The number of likely N-dealkylation sites (tertiary alicyclic amines) is 1. The standard InChI is InChI=1S/C17H22FN5O4/c1-11-14(3-5-27-11)17(25)23-8-12(18)7-13(23)9-22-10-15(20-21-22)16(24)19-4-6-26-2/h3,5,10,12-13H,4,6-9H2,1-2H3,(H,19,24)/t12-,13-/m0/s1. The zero-order valence-electron chi connectivity index (χ0n) is 15.2. The van der Waals surface area contributed by atoms with Crippen molar-refractivity contribution < 1.29 is 23.1 Å². The normalized spacial score (nSPS) is 19.4. The third kappa shape index (κ3) is 4.33. The molecule has 10 heteroatoms. The zero-order chi connectivity index (χ0) is 19.4. The van der Waals surface area contributed by atoms with Crippen LogP contribution in [0.2, 0.25) is 0 Å². The summed E-state index contributed by atoms with van der Waals surface area (Å²) in [5, 5.41) is 10.4. The predicted octanol–water partition coefficient (Wildman–Crippen LogP) is 0.809. The number of ether oxygens (including phenoxy) is 1. The van der Waals surface area contributed by atoms with Gasteiger partial charge in [0.15, 0.2) is 5.69 Å². The van der Waals surface area contributed by atoms with Crippen LogP contribution in [-0.4, -0.2) is 70.7 Å². The van der Waals surface area contributed by atoms with E-state index >= 15 is 0 Å². The SMILES string of the molecule is COCCNC(=O)c1cn(C[C@@H]2C[C@H](F)CN2C(=O)c2ccoc2C)nn1. The second kappa shape index (κ2) is 8.30. The lowest BCUT2D eigenvalue weighted by Crippen LogP contribution is -2.38. The minimum atomic E-state index is -1.11. The first-order valence-corrected chi connectivity index (χ1v) is 8.66. The second-order valence-corrected chi connectivity index (χ2v) is 6.41. The Morgan fingerprint density at radius 3 is 3.00 bits per heavy atom. The van der Waals surface area contributed by atoms with Gasteiger partial charge in [0.05, 0.1) is 43.8 Å². The number of alkyl halides is 1. The Morgan fingerprint density at radius 1 is 1.48 bits per heavy atom. The van der Waals surface area contributed by atoms with Crippen LogP contribution in [0.4, 0.5) is 4.39 Å². The van der Waals surface area contributed by atoms with Crippen molar-refractivity contribution in [1.82, 2.24) is 25.2 Å². The van der Waals surface area contributed by atoms with Gasteiger partial charge in [-0.1, -0.05) is 5.21 Å². The molecule has 0 saturated carbocycles. The predicted molar refractivity (Wildman–Crippen MR) is 92.0 cm³/mol. The molecule has 1 saturated heterocycles. The van der Waals surface area contributed by atoms with Crippen molar-refractivity contribution in [3.63, 3.8) is 0 Å². The molecule has 1 fully saturated rings. The minimum Gasteiger partial charge on any atom is -0.469 e. The van der Waals surface area contributed by atoms with Crippen molar-refractivity contribution in [3.8, 4) is 0 Å². The van der Waals surface area contributed by atoms with Gasteiger partial charge < -0.3 is 19.4 Å². The Balaban J connectivity index is 1.66. The molecule has 1 aliphatic rings. The maximum Gasteiger partial charge on any atom is 0.273 e. The van der Waals surface area contributed by atoms with E-state index in [2.05, 4.69) is 15.6 Å². The van der Waals surface area contributed by atoms with E-state index in [1.807, 2.05) is 0 Å². The fourth-order valence-corrected chi connectivity index (χ4v) is 3.11. The molecule has 0 aliphatic carbocycles. The Kier molecular flexibility index (Phi) is 5.84. The number of halogens is 1. The number of rotatable bonds is 7. The Hall–Kier alpha value is -2.75. The number of carbonyl (C=O) groups is 2. The number of hydrogen-bond acceptors (Lipinski definition) is 6. The third-order valence-electron chi connectivity index (χ3n) is 4.47. The summed E-state index contributed by atoms with van der Waals surface area (Å²) in [5.74, 6) is -0.143. The lowest BCUT2D eigenvalue weighted by molar-refractivity contribution is 0.0712. The van der Waals surface area contributed by atoms with Crippen molar-refractivity contribution in [1.29, 1.82) is 0 Å². The van der Waals surface area contributed by atoms with Gasteiger partial charge in [-0.15, -0.1) is 5.10 Å². The molecule has 2 aromatic heterocycles. The first-order chi connectivity index (χ1) is 13.0. The van der Waals surface area contributed by atoms with E-state index in [1.54, 1.807) is 20.1 Å². The topological polar surface area (TPSA) is 102 Å². The van der Waals surface area contributed by atoms with Crippen LogP contribution in [0, 0.1) is 6.92 Å². The number of amides is 2. The highest BCUT2D eigenvalue weighted by molar-refractivity contribution is 5.95. The van der Waals surface area contributed by atoms with Crippen molar-refractivity contribution in [2.45, 2.75) is 32.1 Å². The van der Waals surface area contributed by atoms with Crippen LogP contribution in [0.15, 0.2) is 22.9 Å². The van der Waals surface area contributed by atoms with Crippen molar-refractivity contribution in [3.05, 3.63) is 35.5 Å². The summed E-state index contributed by atoms with van der Waals surface area (Å²) in [6.45, 7) is 2.72. The summed E-state index contributed by atoms with van der Waals surface area (Å²) >= 11 is 0. The van der Waals surface area contributed by atoms with Crippen LogP contribution in [0.1, 0.15) is 33.0 Å². The molecule has 2 amide bonds. The highest BCUT2D eigenvalue weighted by Gasteiger charge is 2.37. The molecule has 3 heterocycles. The van der Waals surface area contributed by atoms with Crippen LogP contribution in [0.5, 0.6) is 0 Å². The molecule has 2 aromatic rings. The van der Waals surface area contributed by atoms with Gasteiger partial charge >= 0.3 is 0 Å². The maximum atomic E-state index is 14.0. The maximum absolute atomic E-state index is 14.0. The molecule has 0 bridgehead atoms. The number of nitrogens with one attached hydrogen (secondary N) is 1. The molecular weight excluding hydrogens is 357 g/mol. The van der Waals surface area contributed by atoms with E-state index in [-0.39, 0.29) is 43.1 Å². The highest BCUT2D eigenvalue weighted by atomic mass is 19.1. The number of furan rings is 1. The Labute approximate surface area is 155 Å². The van der Waals surface area contributed by atoms with Gasteiger partial charge in [-0.05, 0) is 13.0 Å². The number of aromatic nitrogens is 3. The number of nitrogens with zero attached hydrogens (tertiary/aromatic N) is 4. The first-order valence-electron chi connectivity index (χ1n) is 8.66. The fourth-order valence-electron chi connectivity index (χ4n) is 3.11. The van der Waals surface area contributed by atoms with Gasteiger partial charge in [0.1, 0.15) is 11.9 Å². The van der Waals surface area contributed by atoms with Gasteiger partial charge in [0, 0.05) is 20.1 Å². The molecule has 2 atom stereocenters. The summed E-state index contributed by atoms with van der Waals surface area (Å²) < 4.78 is 25.5. The molecule has 3 rings (SSSR count). The van der Waals surface area contributed by atoms with Gasteiger partial charge in [-0.2, -0.15) is 0 Å². The number of methoxy groups -OCH3 is 1. The van der Waals surface area contributed by atoms with E-state index in [0.29, 0.717) is 24.5 Å². The van der Waals surface area contributed by atoms with Crippen molar-refractivity contribution >= 4 is 11.8 Å². The van der Waals surface area contributed by atoms with Crippen LogP contribution in [0.25, 0.3) is 0 Å². The van der Waals surface area contributed by atoms with Crippen LogP contribution < -0.4 is 5.32 Å². The van der Waals surface area contributed by atoms with E-state index in [0.717, 1.165) is 0 Å². The van der Waals surface area contributed by atoms with Gasteiger partial charge in [-0.25, -0.2) is 9.07 Å². The molecule has 0 spiro atoms. The quantitative estimate of drug-likeness (QED) is 0.714. The first kappa shape index (κ1) is 19.0. The molecular formula is C17H22FN5O4. The number of aryl methyl sites for hydroxylation is 1. The molecule has 27 heavy (non-hydrogen) atoms. The van der Waals surface area contributed by atoms with Crippen molar-refractivity contribution in [2.24, 2.45) is 0 Å². The van der Waals surface area contributed by atoms with Gasteiger partial charge in [-0.3, -0.25) is 9.59 Å². The summed E-state index contributed by atoms with van der Waals surface area (Å²) in [4.78, 5) is 26.2. The number of carbonyl (C=O) groups excluding carboxylic acids is 2. The average Bonchev–Trinajstić information content (AvgIpc) is 3.35. The smallest absolute Gasteiger partial charge is 0.273 e. The lowest BCUT2D eigenvalue weighted by Gasteiger charge is -2.23. The van der Waals surface area contributed by atoms with Crippen LogP contribution in [-0.2, 0) is 11.3 Å². The molecule has 0 radical (unpaired) electrons. The Morgan fingerprint density at radius 2 is 2.30 bits per heavy atom. The number of hydrogen-bond donors (Lipinski definition) is 1. The third-order valence-corrected chi connectivity index (χ3v) is 4.47. The van der Waals surface area contributed by atoms with E-state index < -0.39 is 6.17 Å². The molecule has 9 nitrogen and oxygen atoms in total. The summed E-state index contributed by atoms with van der Waals surface area (Å²) in [7, 11) is 1.54. The zero-order valence-corrected chi connectivity index (χ0v) is 15.2. The van der Waals surface area contributed by atoms with E-state index in [1.165, 1.54) is 22.0 Å². The summed E-state index contributed by atoms with van der Waals surface area (Å²) in [6.07, 6.45) is 2.02. The largest absolute Gasteiger partial charge is 0.469 e. The molecule has 1 aliphatic heterocycles. The summed E-state index contributed by atoms with van der Waals surface area (Å²) in [6, 6.07) is 1.20. The van der Waals surface area contributed by atoms with E-state index in [9.17, 15) is 14.0 Å². The van der Waals surface area contributed by atoms with E-state index in [4.69, 9.17) is 9.15 Å². The van der Waals surface area contributed by atoms with Crippen LogP contribution >= 0.6 is 0 Å². The molecule has 1 N–H and O–H groups in total. The average molecular weight is 379 g/mol.